The molecule has 0 aliphatic carbocycles. The number of amides is 1. The van der Waals surface area contributed by atoms with Crippen LogP contribution in [0.2, 0.25) is 0 Å². The van der Waals surface area contributed by atoms with Gasteiger partial charge in [-0.05, 0) is 33.8 Å². The van der Waals surface area contributed by atoms with Crippen molar-refractivity contribution in [1.82, 2.24) is 29.9 Å². The molecule has 168 valence electrons. The molecule has 9 heteroatoms. The molecule has 1 saturated heterocycles. The number of thioether (sulfide) groups is 1. The fourth-order valence-corrected chi connectivity index (χ4v) is 4.57. The highest BCUT2D eigenvalue weighted by Crippen LogP contribution is 2.24. The molecule has 1 atom stereocenters. The Bertz CT molecular complexity index is 1060. The SMILES string of the molecule is Cc1ccc(-c2noc(C(C)N3CCN(C(=O)CSc4nc(C)cc(C)n4)CC3)n2)cc1. The molecule has 1 unspecified atom stereocenters. The van der Waals surface area contributed by atoms with Crippen LogP contribution in [0.1, 0.15) is 35.8 Å². The topological polar surface area (TPSA) is 88.3 Å². The third-order valence-corrected chi connectivity index (χ3v) is 6.44. The van der Waals surface area contributed by atoms with Gasteiger partial charge in [-0.2, -0.15) is 4.98 Å². The molecule has 1 fully saturated rings. The summed E-state index contributed by atoms with van der Waals surface area (Å²) in [6.45, 7) is 10.9. The van der Waals surface area contributed by atoms with Crippen LogP contribution in [-0.4, -0.2) is 67.7 Å². The highest BCUT2D eigenvalue weighted by Gasteiger charge is 2.28. The highest BCUT2D eigenvalue weighted by atomic mass is 32.2. The summed E-state index contributed by atoms with van der Waals surface area (Å²) in [7, 11) is 0. The highest BCUT2D eigenvalue weighted by molar-refractivity contribution is 7.99. The maximum absolute atomic E-state index is 12.7. The molecule has 1 amide bonds. The number of carbonyl (C=O) groups excluding carboxylic acids is 1. The van der Waals surface area contributed by atoms with Gasteiger partial charge >= 0.3 is 0 Å². The second-order valence-corrected chi connectivity index (χ2v) is 9.08. The van der Waals surface area contributed by atoms with Crippen LogP contribution in [0.25, 0.3) is 11.4 Å². The lowest BCUT2D eigenvalue weighted by molar-refractivity contribution is -0.130. The van der Waals surface area contributed by atoms with Crippen LogP contribution in [-0.2, 0) is 4.79 Å². The summed E-state index contributed by atoms with van der Waals surface area (Å²) >= 11 is 1.40. The molecule has 0 spiro atoms. The second-order valence-electron chi connectivity index (χ2n) is 8.14. The summed E-state index contributed by atoms with van der Waals surface area (Å²) in [5.74, 6) is 1.67. The van der Waals surface area contributed by atoms with E-state index in [1.54, 1.807) is 0 Å². The molecule has 8 nitrogen and oxygen atoms in total. The average molecular weight is 453 g/mol. The molecule has 0 N–H and O–H groups in total. The average Bonchev–Trinajstić information content (AvgIpc) is 3.27. The van der Waals surface area contributed by atoms with E-state index in [0.29, 0.717) is 35.7 Å². The Hall–Kier alpha value is -2.78. The van der Waals surface area contributed by atoms with Crippen molar-refractivity contribution >= 4 is 17.7 Å². The lowest BCUT2D eigenvalue weighted by atomic mass is 10.1. The van der Waals surface area contributed by atoms with Crippen molar-refractivity contribution in [2.45, 2.75) is 38.9 Å². The van der Waals surface area contributed by atoms with Crippen LogP contribution in [0.5, 0.6) is 0 Å². The third kappa shape index (κ3) is 5.34. The van der Waals surface area contributed by atoms with Gasteiger partial charge in [-0.1, -0.05) is 46.7 Å². The fraction of sp³-hybridized carbons (Fsp3) is 0.435. The molecule has 1 aliphatic rings. The number of rotatable bonds is 6. The van der Waals surface area contributed by atoms with Gasteiger partial charge in [0.15, 0.2) is 5.16 Å². The molecule has 4 rings (SSSR count). The van der Waals surface area contributed by atoms with Crippen LogP contribution in [0.15, 0.2) is 40.0 Å². The van der Waals surface area contributed by atoms with E-state index in [2.05, 4.69) is 31.9 Å². The minimum absolute atomic E-state index is 0.00278. The summed E-state index contributed by atoms with van der Waals surface area (Å²) in [6.07, 6.45) is 0. The van der Waals surface area contributed by atoms with Crippen molar-refractivity contribution in [3.8, 4) is 11.4 Å². The molecule has 0 saturated carbocycles. The maximum Gasteiger partial charge on any atom is 0.244 e. The van der Waals surface area contributed by atoms with E-state index in [9.17, 15) is 4.79 Å². The standard InChI is InChI=1S/C23H28N6O2S/c1-15-5-7-19(8-6-15)21-26-22(31-27-21)18(4)28-9-11-29(12-10-28)20(30)14-32-23-24-16(2)13-17(3)25-23/h5-8,13,18H,9-12,14H2,1-4H3. The van der Waals surface area contributed by atoms with E-state index in [4.69, 9.17) is 4.52 Å². The largest absolute Gasteiger partial charge is 0.339 e. The van der Waals surface area contributed by atoms with Crippen molar-refractivity contribution in [1.29, 1.82) is 0 Å². The first kappa shape index (κ1) is 22.4. The zero-order valence-electron chi connectivity index (χ0n) is 18.9. The zero-order chi connectivity index (χ0) is 22.7. The quantitative estimate of drug-likeness (QED) is 0.415. The van der Waals surface area contributed by atoms with Gasteiger partial charge in [-0.3, -0.25) is 9.69 Å². The predicted molar refractivity (Wildman–Crippen MR) is 123 cm³/mol. The van der Waals surface area contributed by atoms with Gasteiger partial charge in [-0.15, -0.1) is 0 Å². The van der Waals surface area contributed by atoms with E-state index in [1.807, 2.05) is 56.0 Å². The van der Waals surface area contributed by atoms with Crippen molar-refractivity contribution in [2.75, 3.05) is 31.9 Å². The van der Waals surface area contributed by atoms with Crippen molar-refractivity contribution < 1.29 is 9.32 Å². The van der Waals surface area contributed by atoms with E-state index >= 15 is 0 Å². The normalized spacial score (nSPS) is 15.7. The van der Waals surface area contributed by atoms with E-state index in [-0.39, 0.29) is 11.9 Å². The second kappa shape index (κ2) is 9.79. The number of piperazine rings is 1. The lowest BCUT2D eigenvalue weighted by Crippen LogP contribution is -2.49. The molecule has 0 bridgehead atoms. The van der Waals surface area contributed by atoms with Gasteiger partial charge in [0.25, 0.3) is 0 Å². The Balaban J connectivity index is 1.29. The predicted octanol–water partition coefficient (Wildman–Crippen LogP) is 3.45. The van der Waals surface area contributed by atoms with Crippen LogP contribution in [0.3, 0.4) is 0 Å². The lowest BCUT2D eigenvalue weighted by Gasteiger charge is -2.36. The first-order valence-corrected chi connectivity index (χ1v) is 11.7. The fourth-order valence-electron chi connectivity index (χ4n) is 3.72. The first-order chi connectivity index (χ1) is 15.4. The summed E-state index contributed by atoms with van der Waals surface area (Å²) in [4.78, 5) is 30.2. The Kier molecular flexibility index (Phi) is 6.86. The van der Waals surface area contributed by atoms with Crippen LogP contribution in [0.4, 0.5) is 0 Å². The summed E-state index contributed by atoms with van der Waals surface area (Å²) in [5.41, 5.74) is 3.97. The summed E-state index contributed by atoms with van der Waals surface area (Å²) in [5, 5.41) is 4.81. The minimum Gasteiger partial charge on any atom is -0.339 e. The van der Waals surface area contributed by atoms with Crippen LogP contribution >= 0.6 is 11.8 Å². The number of carbonyl (C=O) groups is 1. The molecule has 1 aliphatic heterocycles. The summed E-state index contributed by atoms with van der Waals surface area (Å²) in [6, 6.07) is 10.0. The molecular formula is C23H28N6O2S. The molecule has 0 radical (unpaired) electrons. The Morgan fingerprint density at radius 3 is 2.34 bits per heavy atom. The van der Waals surface area contributed by atoms with Gasteiger partial charge in [0.05, 0.1) is 11.8 Å². The molecule has 3 aromatic rings. The van der Waals surface area contributed by atoms with Gasteiger partial charge in [0, 0.05) is 43.1 Å². The van der Waals surface area contributed by atoms with Crippen LogP contribution < -0.4 is 0 Å². The molecule has 1 aromatic carbocycles. The van der Waals surface area contributed by atoms with Crippen molar-refractivity contribution in [3.63, 3.8) is 0 Å². The van der Waals surface area contributed by atoms with E-state index in [1.165, 1.54) is 17.3 Å². The van der Waals surface area contributed by atoms with Crippen LogP contribution in [0, 0.1) is 20.8 Å². The third-order valence-electron chi connectivity index (χ3n) is 5.61. The van der Waals surface area contributed by atoms with Gasteiger partial charge in [0.1, 0.15) is 0 Å². The number of aromatic nitrogens is 4. The van der Waals surface area contributed by atoms with Crippen molar-refractivity contribution in [3.05, 3.63) is 53.2 Å². The van der Waals surface area contributed by atoms with E-state index in [0.717, 1.165) is 30.0 Å². The van der Waals surface area contributed by atoms with Crippen molar-refractivity contribution in [2.24, 2.45) is 0 Å². The van der Waals surface area contributed by atoms with Gasteiger partial charge < -0.3 is 9.42 Å². The first-order valence-electron chi connectivity index (χ1n) is 10.8. The maximum atomic E-state index is 12.7. The number of nitrogens with zero attached hydrogens (tertiary/aromatic N) is 6. The zero-order valence-corrected chi connectivity index (χ0v) is 19.7. The number of hydrogen-bond donors (Lipinski definition) is 0. The number of benzene rings is 1. The van der Waals surface area contributed by atoms with E-state index < -0.39 is 0 Å². The molecule has 3 heterocycles. The summed E-state index contributed by atoms with van der Waals surface area (Å²) < 4.78 is 5.54. The molecule has 2 aromatic heterocycles. The Labute approximate surface area is 192 Å². The molecule has 32 heavy (non-hydrogen) atoms. The number of hydrogen-bond acceptors (Lipinski definition) is 8. The van der Waals surface area contributed by atoms with Gasteiger partial charge in [-0.25, -0.2) is 9.97 Å². The Morgan fingerprint density at radius 1 is 1.03 bits per heavy atom. The van der Waals surface area contributed by atoms with Gasteiger partial charge in [0.2, 0.25) is 17.6 Å². The molecular weight excluding hydrogens is 424 g/mol. The minimum atomic E-state index is -0.00278. The Morgan fingerprint density at radius 2 is 1.69 bits per heavy atom. The number of aryl methyl sites for hydroxylation is 3. The smallest absolute Gasteiger partial charge is 0.244 e. The monoisotopic (exact) mass is 452 g/mol.